The van der Waals surface area contributed by atoms with E-state index in [1.54, 1.807) is 0 Å². The average Bonchev–Trinajstić information content (AvgIpc) is 3.81. The van der Waals surface area contributed by atoms with E-state index < -0.39 is 0 Å². The summed E-state index contributed by atoms with van der Waals surface area (Å²) >= 11 is 1.92. The van der Waals surface area contributed by atoms with Crippen LogP contribution in [0.4, 0.5) is 0 Å². The van der Waals surface area contributed by atoms with Crippen LogP contribution in [0.5, 0.6) is 0 Å². The zero-order chi connectivity index (χ0) is 35.6. The normalized spacial score (nSPS) is 11.7. The second-order valence-electron chi connectivity index (χ2n) is 14.0. The van der Waals surface area contributed by atoms with Crippen molar-refractivity contribution in [3.8, 4) is 49.5 Å². The summed E-state index contributed by atoms with van der Waals surface area (Å²) in [4.78, 5) is 1.28. The smallest absolute Gasteiger partial charge is 0.0541 e. The van der Waals surface area contributed by atoms with Crippen molar-refractivity contribution in [1.29, 1.82) is 0 Å². The van der Waals surface area contributed by atoms with E-state index in [0.29, 0.717) is 0 Å². The first-order valence-corrected chi connectivity index (χ1v) is 19.3. The third-order valence-corrected chi connectivity index (χ3v) is 12.2. The lowest BCUT2D eigenvalue weighted by Gasteiger charge is -2.18. The van der Waals surface area contributed by atoms with Gasteiger partial charge in [-0.1, -0.05) is 170 Å². The van der Waals surface area contributed by atoms with Crippen LogP contribution in [0.2, 0.25) is 0 Å². The maximum absolute atomic E-state index is 2.40. The summed E-state index contributed by atoms with van der Waals surface area (Å²) in [6, 6.07) is 73.3. The monoisotopic (exact) mass is 703 g/mol. The van der Waals surface area contributed by atoms with Crippen LogP contribution in [-0.4, -0.2) is 4.57 Å². The Morgan fingerprint density at radius 3 is 1.52 bits per heavy atom. The highest BCUT2D eigenvalue weighted by Gasteiger charge is 2.25. The van der Waals surface area contributed by atoms with Gasteiger partial charge in [0.05, 0.1) is 11.0 Å². The number of thiophene rings is 1. The van der Waals surface area contributed by atoms with Gasteiger partial charge in [0.15, 0.2) is 0 Å². The minimum Gasteiger partial charge on any atom is -0.309 e. The molecule has 54 heavy (non-hydrogen) atoms. The van der Waals surface area contributed by atoms with Crippen molar-refractivity contribution in [2.75, 3.05) is 0 Å². The zero-order valence-electron chi connectivity index (χ0n) is 29.4. The first-order chi connectivity index (χ1) is 26.8. The molecule has 0 bridgehead atoms. The molecule has 0 aliphatic carbocycles. The zero-order valence-corrected chi connectivity index (χ0v) is 30.2. The van der Waals surface area contributed by atoms with Gasteiger partial charge in [0, 0.05) is 42.6 Å². The minimum absolute atomic E-state index is 1.16. The lowest BCUT2D eigenvalue weighted by Crippen LogP contribution is -1.93. The van der Waals surface area contributed by atoms with Crippen molar-refractivity contribution >= 4 is 64.8 Å². The summed E-state index contributed by atoms with van der Waals surface area (Å²) < 4.78 is 3.71. The van der Waals surface area contributed by atoms with Crippen molar-refractivity contribution < 1.29 is 0 Å². The second kappa shape index (κ2) is 12.4. The highest BCUT2D eigenvalue weighted by atomic mass is 32.1. The Morgan fingerprint density at radius 1 is 0.333 bits per heavy atom. The van der Waals surface area contributed by atoms with Crippen molar-refractivity contribution in [1.82, 2.24) is 4.57 Å². The fraction of sp³-hybridized carbons (Fsp3) is 0. The number of rotatable bonds is 5. The first kappa shape index (κ1) is 30.8. The van der Waals surface area contributed by atoms with Gasteiger partial charge in [0.1, 0.15) is 0 Å². The molecule has 11 aromatic rings. The van der Waals surface area contributed by atoms with E-state index in [4.69, 9.17) is 0 Å². The van der Waals surface area contributed by atoms with Gasteiger partial charge in [-0.25, -0.2) is 0 Å². The van der Waals surface area contributed by atoms with Crippen molar-refractivity contribution in [2.45, 2.75) is 0 Å². The van der Waals surface area contributed by atoms with Crippen molar-refractivity contribution in [3.05, 3.63) is 200 Å². The quantitative estimate of drug-likeness (QED) is 0.168. The Bertz CT molecular complexity index is 3130. The predicted octanol–water partition coefficient (Wildman–Crippen LogP) is 15.0. The van der Waals surface area contributed by atoms with Crippen LogP contribution < -0.4 is 0 Å². The summed E-state index contributed by atoms with van der Waals surface area (Å²) in [5.41, 5.74) is 12.4. The van der Waals surface area contributed by atoms with Crippen LogP contribution in [0.15, 0.2) is 200 Å². The first-order valence-electron chi connectivity index (χ1n) is 18.5. The fourth-order valence-corrected chi connectivity index (χ4v) is 10.0. The van der Waals surface area contributed by atoms with E-state index in [0.717, 1.165) is 5.69 Å². The Balaban J connectivity index is 1.22. The molecule has 0 N–H and O–H groups in total. The summed E-state index contributed by atoms with van der Waals surface area (Å²) in [6.07, 6.45) is 0. The Morgan fingerprint density at radius 2 is 0.852 bits per heavy atom. The van der Waals surface area contributed by atoms with E-state index in [1.165, 1.54) is 97.3 Å². The van der Waals surface area contributed by atoms with E-state index in [2.05, 4.69) is 205 Å². The molecule has 0 unspecified atom stereocenters. The molecule has 2 heterocycles. The molecule has 0 amide bonds. The van der Waals surface area contributed by atoms with E-state index in [-0.39, 0.29) is 0 Å². The molecule has 2 aromatic heterocycles. The lowest BCUT2D eigenvalue weighted by molar-refractivity contribution is 1.18. The van der Waals surface area contributed by atoms with E-state index in [1.807, 2.05) is 11.3 Å². The fourth-order valence-electron chi connectivity index (χ4n) is 8.60. The van der Waals surface area contributed by atoms with Crippen molar-refractivity contribution in [3.63, 3.8) is 0 Å². The highest BCUT2D eigenvalue weighted by molar-refractivity contribution is 7.24. The summed E-state index contributed by atoms with van der Waals surface area (Å²) in [6.45, 7) is 0. The lowest BCUT2D eigenvalue weighted by atomic mass is 9.85. The second-order valence-corrected chi connectivity index (χ2v) is 15.0. The molecule has 0 atom stereocenters. The van der Waals surface area contributed by atoms with Gasteiger partial charge in [-0.05, 0) is 79.7 Å². The van der Waals surface area contributed by atoms with Gasteiger partial charge in [-0.3, -0.25) is 0 Å². The Hall–Kier alpha value is -6.74. The number of nitrogens with zero attached hydrogens (tertiary/aromatic N) is 1. The molecule has 1 nitrogen and oxygen atoms in total. The van der Waals surface area contributed by atoms with E-state index >= 15 is 0 Å². The molecule has 0 fully saturated rings. The van der Waals surface area contributed by atoms with Gasteiger partial charge in [-0.15, -0.1) is 11.3 Å². The molecule has 0 radical (unpaired) electrons. The van der Waals surface area contributed by atoms with E-state index in [9.17, 15) is 0 Å². The van der Waals surface area contributed by atoms with Gasteiger partial charge >= 0.3 is 0 Å². The molecular formula is C52H33NS. The van der Waals surface area contributed by atoms with Gasteiger partial charge < -0.3 is 4.57 Å². The van der Waals surface area contributed by atoms with Gasteiger partial charge in [0.25, 0.3) is 0 Å². The SMILES string of the molecule is c1ccc(-c2c(-c3ccc4ccccc4c3)c3ccccc3c3c(-c4ccccc4)c(-c4ccc(-n5c6ccccc6c6ccccc65)cc4)sc23)cc1. The predicted molar refractivity (Wildman–Crippen MR) is 233 cm³/mol. The maximum Gasteiger partial charge on any atom is 0.0541 e. The topological polar surface area (TPSA) is 4.93 Å². The van der Waals surface area contributed by atoms with Gasteiger partial charge in [0.2, 0.25) is 0 Å². The average molecular weight is 704 g/mol. The number of benzene rings is 9. The molecule has 0 saturated heterocycles. The van der Waals surface area contributed by atoms with Crippen LogP contribution >= 0.6 is 11.3 Å². The minimum atomic E-state index is 1.16. The van der Waals surface area contributed by atoms with Crippen LogP contribution in [0.3, 0.4) is 0 Å². The molecule has 0 aliphatic rings. The summed E-state index contributed by atoms with van der Waals surface area (Å²) in [7, 11) is 0. The van der Waals surface area contributed by atoms with Crippen molar-refractivity contribution in [2.24, 2.45) is 0 Å². The number of fused-ring (bicyclic) bond motifs is 7. The summed E-state index contributed by atoms with van der Waals surface area (Å²) in [5.74, 6) is 0. The Kier molecular flexibility index (Phi) is 7.11. The number of hydrogen-bond donors (Lipinski definition) is 0. The standard InChI is InChI=1S/C52H33NS/c1-3-16-35(17-4-1)48-47(39-28-27-34-15-7-8-20-38(34)33-39)43-23-9-10-24-44(43)50-49(36-18-5-2-6-19-36)51(54-52(48)50)37-29-31-40(32-30-37)53-45-25-13-11-21-41(45)42-22-12-14-26-46(42)53/h1-33H. The largest absolute Gasteiger partial charge is 0.309 e. The molecule has 0 aliphatic heterocycles. The number of hydrogen-bond acceptors (Lipinski definition) is 1. The van der Waals surface area contributed by atoms with Crippen LogP contribution in [0.1, 0.15) is 0 Å². The maximum atomic E-state index is 2.40. The molecule has 0 spiro atoms. The van der Waals surface area contributed by atoms with Crippen LogP contribution in [-0.2, 0) is 0 Å². The third-order valence-electron chi connectivity index (χ3n) is 11.0. The number of para-hydroxylation sites is 2. The molecule has 0 saturated carbocycles. The number of aromatic nitrogens is 1. The molecule has 2 heteroatoms. The van der Waals surface area contributed by atoms with Crippen LogP contribution in [0, 0.1) is 0 Å². The van der Waals surface area contributed by atoms with Crippen LogP contribution in [0.25, 0.3) is 103 Å². The molecule has 252 valence electrons. The molecule has 11 rings (SSSR count). The van der Waals surface area contributed by atoms with Gasteiger partial charge in [-0.2, -0.15) is 0 Å². The molecule has 9 aromatic carbocycles. The summed E-state index contributed by atoms with van der Waals surface area (Å²) in [5, 5.41) is 8.90. The molecular weight excluding hydrogens is 671 g/mol. The Labute approximate surface area is 317 Å². The highest BCUT2D eigenvalue weighted by Crippen LogP contribution is 2.54. The third kappa shape index (κ3) is 4.78.